The highest BCUT2D eigenvalue weighted by molar-refractivity contribution is 6.08. The number of aromatic amines is 1. The summed E-state index contributed by atoms with van der Waals surface area (Å²) in [6.45, 7) is 0. The van der Waals surface area contributed by atoms with Crippen LogP contribution in [-0.2, 0) is 0 Å². The van der Waals surface area contributed by atoms with Crippen molar-refractivity contribution in [1.29, 1.82) is 0 Å². The van der Waals surface area contributed by atoms with E-state index in [0.29, 0.717) is 5.56 Å². The van der Waals surface area contributed by atoms with Crippen molar-refractivity contribution in [2.24, 2.45) is 0 Å². The van der Waals surface area contributed by atoms with E-state index in [1.165, 1.54) is 6.20 Å². The van der Waals surface area contributed by atoms with Gasteiger partial charge in [0.05, 0.1) is 17.4 Å². The molecule has 0 aliphatic rings. The zero-order chi connectivity index (χ0) is 12.4. The second-order valence-corrected chi connectivity index (χ2v) is 3.84. The Kier molecular flexibility index (Phi) is 2.49. The van der Waals surface area contributed by atoms with Crippen LogP contribution in [0.2, 0.25) is 0 Å². The third-order valence-corrected chi connectivity index (χ3v) is 2.69. The minimum atomic E-state index is -0.194. The largest absolute Gasteiger partial charge is 0.321 e. The van der Waals surface area contributed by atoms with Gasteiger partial charge in [-0.05, 0) is 17.5 Å². The molecule has 0 bridgehead atoms. The van der Waals surface area contributed by atoms with E-state index in [1.54, 1.807) is 18.6 Å². The van der Waals surface area contributed by atoms with E-state index in [1.807, 2.05) is 24.3 Å². The van der Waals surface area contributed by atoms with Gasteiger partial charge >= 0.3 is 0 Å². The summed E-state index contributed by atoms with van der Waals surface area (Å²) in [7, 11) is 0. The first-order chi connectivity index (χ1) is 8.84. The normalized spacial score (nSPS) is 10.4. The van der Waals surface area contributed by atoms with Gasteiger partial charge in [-0.1, -0.05) is 12.1 Å². The molecule has 2 N–H and O–H groups in total. The van der Waals surface area contributed by atoms with E-state index in [2.05, 4.69) is 20.5 Å². The number of amides is 1. The van der Waals surface area contributed by atoms with Crippen molar-refractivity contribution in [3.63, 3.8) is 0 Å². The standard InChI is InChI=1S/C13H10N4O/c18-13(10-6-15-16-7-10)17-12-3-1-2-9-4-5-14-8-11(9)12/h1-8H,(H,15,16)(H,17,18). The van der Waals surface area contributed by atoms with Crippen molar-refractivity contribution in [3.05, 3.63) is 54.6 Å². The van der Waals surface area contributed by atoms with Gasteiger partial charge in [-0.25, -0.2) is 0 Å². The van der Waals surface area contributed by atoms with E-state index in [9.17, 15) is 4.79 Å². The van der Waals surface area contributed by atoms with Crippen LogP contribution in [0.1, 0.15) is 10.4 Å². The first-order valence-electron chi connectivity index (χ1n) is 5.47. The first-order valence-corrected chi connectivity index (χ1v) is 5.47. The predicted molar refractivity (Wildman–Crippen MR) is 68.3 cm³/mol. The summed E-state index contributed by atoms with van der Waals surface area (Å²) in [4.78, 5) is 16.0. The van der Waals surface area contributed by atoms with Crippen LogP contribution in [0, 0.1) is 0 Å². The molecule has 18 heavy (non-hydrogen) atoms. The SMILES string of the molecule is O=C(Nc1cccc2ccncc12)c1cn[nH]c1. The van der Waals surface area contributed by atoms with Gasteiger partial charge in [0.1, 0.15) is 0 Å². The Morgan fingerprint density at radius 3 is 3.00 bits per heavy atom. The maximum Gasteiger partial charge on any atom is 0.258 e. The monoisotopic (exact) mass is 238 g/mol. The molecule has 0 saturated heterocycles. The molecule has 0 saturated carbocycles. The van der Waals surface area contributed by atoms with Crippen molar-refractivity contribution >= 4 is 22.4 Å². The number of rotatable bonds is 2. The van der Waals surface area contributed by atoms with Crippen LogP contribution in [0.4, 0.5) is 5.69 Å². The van der Waals surface area contributed by atoms with Crippen LogP contribution >= 0.6 is 0 Å². The minimum Gasteiger partial charge on any atom is -0.321 e. The lowest BCUT2D eigenvalue weighted by molar-refractivity contribution is 0.102. The lowest BCUT2D eigenvalue weighted by atomic mass is 10.1. The molecule has 3 rings (SSSR count). The maximum absolute atomic E-state index is 11.9. The van der Waals surface area contributed by atoms with Gasteiger partial charge in [-0.2, -0.15) is 5.10 Å². The molecule has 5 heteroatoms. The molecule has 0 spiro atoms. The van der Waals surface area contributed by atoms with Crippen molar-refractivity contribution in [2.75, 3.05) is 5.32 Å². The molecule has 1 amide bonds. The molecule has 3 aromatic rings. The Hall–Kier alpha value is -2.69. The molecule has 0 radical (unpaired) electrons. The van der Waals surface area contributed by atoms with E-state index in [0.717, 1.165) is 16.5 Å². The third kappa shape index (κ3) is 1.82. The molecule has 2 heterocycles. The zero-order valence-corrected chi connectivity index (χ0v) is 9.42. The number of anilines is 1. The number of carbonyl (C=O) groups excluding carboxylic acids is 1. The van der Waals surface area contributed by atoms with Gasteiger partial charge in [-0.3, -0.25) is 14.9 Å². The van der Waals surface area contributed by atoms with Crippen molar-refractivity contribution in [2.45, 2.75) is 0 Å². The van der Waals surface area contributed by atoms with Crippen LogP contribution in [0.15, 0.2) is 49.1 Å². The molecule has 2 aromatic heterocycles. The topological polar surface area (TPSA) is 70.7 Å². The fraction of sp³-hybridized carbons (Fsp3) is 0. The summed E-state index contributed by atoms with van der Waals surface area (Å²) in [5.41, 5.74) is 1.24. The number of nitrogens with one attached hydrogen (secondary N) is 2. The lowest BCUT2D eigenvalue weighted by Gasteiger charge is -2.07. The molecule has 0 unspecified atom stereocenters. The van der Waals surface area contributed by atoms with Crippen molar-refractivity contribution < 1.29 is 4.79 Å². The van der Waals surface area contributed by atoms with Gasteiger partial charge in [-0.15, -0.1) is 0 Å². The maximum atomic E-state index is 11.9. The smallest absolute Gasteiger partial charge is 0.258 e. The molecule has 5 nitrogen and oxygen atoms in total. The quantitative estimate of drug-likeness (QED) is 0.719. The average molecular weight is 238 g/mol. The molecule has 0 aliphatic heterocycles. The number of hydrogen-bond donors (Lipinski definition) is 2. The van der Waals surface area contributed by atoms with Crippen LogP contribution in [-0.4, -0.2) is 21.1 Å². The van der Waals surface area contributed by atoms with Gasteiger partial charge in [0.25, 0.3) is 5.91 Å². The number of carbonyl (C=O) groups is 1. The fourth-order valence-corrected chi connectivity index (χ4v) is 1.79. The van der Waals surface area contributed by atoms with E-state index in [-0.39, 0.29) is 5.91 Å². The zero-order valence-electron chi connectivity index (χ0n) is 9.42. The average Bonchev–Trinajstić information content (AvgIpc) is 2.93. The number of H-pyrrole nitrogens is 1. The summed E-state index contributed by atoms with van der Waals surface area (Å²) < 4.78 is 0. The molecule has 0 atom stereocenters. The van der Waals surface area contributed by atoms with Crippen LogP contribution in [0.5, 0.6) is 0 Å². The second kappa shape index (κ2) is 4.29. The number of fused-ring (bicyclic) bond motifs is 1. The molecule has 0 aliphatic carbocycles. The molecule has 88 valence electrons. The van der Waals surface area contributed by atoms with Crippen LogP contribution in [0.25, 0.3) is 10.8 Å². The molecule has 1 aromatic carbocycles. The predicted octanol–water partition coefficient (Wildman–Crippen LogP) is 2.21. The highest BCUT2D eigenvalue weighted by atomic mass is 16.1. The number of hydrogen-bond acceptors (Lipinski definition) is 3. The Labute approximate surface area is 103 Å². The summed E-state index contributed by atoms with van der Waals surface area (Å²) in [6.07, 6.45) is 6.50. The van der Waals surface area contributed by atoms with E-state index < -0.39 is 0 Å². The van der Waals surface area contributed by atoms with Gasteiger partial charge < -0.3 is 5.32 Å². The number of pyridine rings is 1. The number of aromatic nitrogens is 3. The van der Waals surface area contributed by atoms with Crippen molar-refractivity contribution in [1.82, 2.24) is 15.2 Å². The summed E-state index contributed by atoms with van der Waals surface area (Å²) in [5, 5.41) is 11.2. The highest BCUT2D eigenvalue weighted by Crippen LogP contribution is 2.22. The first kappa shape index (κ1) is 10.5. The number of benzene rings is 1. The lowest BCUT2D eigenvalue weighted by Crippen LogP contribution is -2.11. The van der Waals surface area contributed by atoms with Crippen LogP contribution in [0.3, 0.4) is 0 Å². The fourth-order valence-electron chi connectivity index (χ4n) is 1.79. The minimum absolute atomic E-state index is 0.194. The van der Waals surface area contributed by atoms with E-state index in [4.69, 9.17) is 0 Å². The molecular formula is C13H10N4O. The third-order valence-electron chi connectivity index (χ3n) is 2.69. The summed E-state index contributed by atoms with van der Waals surface area (Å²) >= 11 is 0. The summed E-state index contributed by atoms with van der Waals surface area (Å²) in [5.74, 6) is -0.194. The summed E-state index contributed by atoms with van der Waals surface area (Å²) in [6, 6.07) is 7.63. The van der Waals surface area contributed by atoms with E-state index >= 15 is 0 Å². The van der Waals surface area contributed by atoms with Gasteiger partial charge in [0, 0.05) is 24.0 Å². The van der Waals surface area contributed by atoms with Gasteiger partial charge in [0.15, 0.2) is 0 Å². The Morgan fingerprint density at radius 2 is 2.17 bits per heavy atom. The highest BCUT2D eigenvalue weighted by Gasteiger charge is 2.08. The Balaban J connectivity index is 1.98. The Bertz CT molecular complexity index is 686. The molecular weight excluding hydrogens is 228 g/mol. The van der Waals surface area contributed by atoms with Crippen LogP contribution < -0.4 is 5.32 Å². The number of nitrogens with zero attached hydrogens (tertiary/aromatic N) is 2. The second-order valence-electron chi connectivity index (χ2n) is 3.84. The van der Waals surface area contributed by atoms with Gasteiger partial charge in [0.2, 0.25) is 0 Å². The molecule has 0 fully saturated rings. The Morgan fingerprint density at radius 1 is 1.22 bits per heavy atom. The van der Waals surface area contributed by atoms with Crippen molar-refractivity contribution in [3.8, 4) is 0 Å².